The van der Waals surface area contributed by atoms with Crippen molar-refractivity contribution >= 4 is 28.4 Å². The van der Waals surface area contributed by atoms with Crippen molar-refractivity contribution in [1.82, 2.24) is 4.98 Å². The number of rotatable bonds is 9. The highest BCUT2D eigenvalue weighted by atomic mass is 32.2. The fourth-order valence-electron chi connectivity index (χ4n) is 2.36. The molecule has 0 fully saturated rings. The third-order valence-electron chi connectivity index (χ3n) is 3.54. The van der Waals surface area contributed by atoms with Crippen molar-refractivity contribution < 1.29 is 4.74 Å². The van der Waals surface area contributed by atoms with Crippen molar-refractivity contribution in [3.63, 3.8) is 0 Å². The summed E-state index contributed by atoms with van der Waals surface area (Å²) in [6.07, 6.45) is 9.15. The molecule has 0 amide bonds. The Bertz CT molecular complexity index is 559. The molecule has 0 aliphatic heterocycles. The van der Waals surface area contributed by atoms with E-state index in [1.165, 1.54) is 31.4 Å². The largest absolute Gasteiger partial charge is 0.497 e. The molecule has 1 aromatic heterocycles. The van der Waals surface area contributed by atoms with Crippen molar-refractivity contribution in [3.8, 4) is 5.75 Å². The van der Waals surface area contributed by atoms with Crippen LogP contribution in [0.2, 0.25) is 0 Å². The van der Waals surface area contributed by atoms with Gasteiger partial charge in [0.1, 0.15) is 11.6 Å². The van der Waals surface area contributed by atoms with E-state index < -0.39 is 0 Å². The molecule has 2 aromatic rings. The van der Waals surface area contributed by atoms with E-state index in [0.29, 0.717) is 0 Å². The molecule has 0 radical (unpaired) electrons. The van der Waals surface area contributed by atoms with Gasteiger partial charge in [-0.05, 0) is 54.5 Å². The van der Waals surface area contributed by atoms with Gasteiger partial charge in [0.25, 0.3) is 0 Å². The molecular weight excluding hydrogens is 280 g/mol. The maximum absolute atomic E-state index is 5.26. The number of nitrogens with one attached hydrogen (secondary N) is 1. The van der Waals surface area contributed by atoms with Crippen LogP contribution in [-0.2, 0) is 0 Å². The molecule has 0 spiro atoms. The van der Waals surface area contributed by atoms with E-state index in [9.17, 15) is 0 Å². The van der Waals surface area contributed by atoms with Gasteiger partial charge in [-0.3, -0.25) is 0 Å². The number of anilines is 1. The molecule has 1 aromatic carbocycles. The van der Waals surface area contributed by atoms with Gasteiger partial charge in [0.2, 0.25) is 0 Å². The molecule has 2 rings (SSSR count). The highest BCUT2D eigenvalue weighted by Gasteiger charge is 2.03. The zero-order valence-corrected chi connectivity index (χ0v) is 13.7. The van der Waals surface area contributed by atoms with Gasteiger partial charge in [-0.1, -0.05) is 12.8 Å². The molecule has 0 atom stereocenters. The van der Waals surface area contributed by atoms with Crippen LogP contribution in [0.4, 0.5) is 5.82 Å². The Hall–Kier alpha value is -1.42. The molecule has 0 unspecified atom stereocenters. The smallest absolute Gasteiger partial charge is 0.133 e. The first-order chi connectivity index (χ1) is 10.3. The summed E-state index contributed by atoms with van der Waals surface area (Å²) in [4.78, 5) is 4.45. The topological polar surface area (TPSA) is 34.1 Å². The highest BCUT2D eigenvalue weighted by molar-refractivity contribution is 7.98. The molecule has 0 aliphatic carbocycles. The van der Waals surface area contributed by atoms with Gasteiger partial charge >= 0.3 is 0 Å². The van der Waals surface area contributed by atoms with Crippen LogP contribution >= 0.6 is 11.8 Å². The maximum Gasteiger partial charge on any atom is 0.133 e. The Morgan fingerprint density at radius 3 is 2.81 bits per heavy atom. The number of fused-ring (bicyclic) bond motifs is 1. The molecule has 4 heteroatoms. The van der Waals surface area contributed by atoms with Gasteiger partial charge in [-0.15, -0.1) is 0 Å². The summed E-state index contributed by atoms with van der Waals surface area (Å²) in [5.41, 5.74) is 0. The number of aromatic nitrogens is 1. The van der Waals surface area contributed by atoms with Crippen molar-refractivity contribution in [3.05, 3.63) is 30.5 Å². The summed E-state index contributed by atoms with van der Waals surface area (Å²) in [7, 11) is 1.69. The normalized spacial score (nSPS) is 10.8. The number of hydrogen-bond acceptors (Lipinski definition) is 4. The van der Waals surface area contributed by atoms with E-state index in [1.807, 2.05) is 36.2 Å². The first-order valence-electron chi connectivity index (χ1n) is 7.50. The zero-order valence-electron chi connectivity index (χ0n) is 12.9. The molecule has 0 aliphatic rings. The number of nitrogens with zero attached hydrogens (tertiary/aromatic N) is 1. The van der Waals surface area contributed by atoms with E-state index in [0.717, 1.165) is 28.9 Å². The number of benzene rings is 1. The fourth-order valence-corrected chi connectivity index (χ4v) is 2.85. The molecule has 114 valence electrons. The van der Waals surface area contributed by atoms with Gasteiger partial charge in [-0.2, -0.15) is 11.8 Å². The van der Waals surface area contributed by atoms with E-state index in [-0.39, 0.29) is 0 Å². The molecule has 3 nitrogen and oxygen atoms in total. The second kappa shape index (κ2) is 8.78. The lowest BCUT2D eigenvalue weighted by Crippen LogP contribution is -2.03. The first-order valence-corrected chi connectivity index (χ1v) is 8.90. The summed E-state index contributed by atoms with van der Waals surface area (Å²) in [5, 5.41) is 5.77. The highest BCUT2D eigenvalue weighted by Crippen LogP contribution is 2.25. The molecule has 0 saturated carbocycles. The number of ether oxygens (including phenoxy) is 1. The summed E-state index contributed by atoms with van der Waals surface area (Å²) in [6, 6.07) is 8.12. The Kier molecular flexibility index (Phi) is 6.67. The van der Waals surface area contributed by atoms with Crippen molar-refractivity contribution in [2.75, 3.05) is 31.0 Å². The van der Waals surface area contributed by atoms with Gasteiger partial charge in [0.15, 0.2) is 0 Å². The van der Waals surface area contributed by atoms with Crippen molar-refractivity contribution in [2.24, 2.45) is 0 Å². The van der Waals surface area contributed by atoms with E-state index >= 15 is 0 Å². The maximum atomic E-state index is 5.26. The van der Waals surface area contributed by atoms with E-state index in [2.05, 4.69) is 22.6 Å². The van der Waals surface area contributed by atoms with E-state index in [1.54, 1.807) is 7.11 Å². The van der Waals surface area contributed by atoms with Crippen LogP contribution in [-0.4, -0.2) is 30.6 Å². The molecule has 1 N–H and O–H groups in total. The fraction of sp³-hybridized carbons (Fsp3) is 0.471. The van der Waals surface area contributed by atoms with Crippen LogP contribution in [0.3, 0.4) is 0 Å². The zero-order chi connectivity index (χ0) is 14.9. The number of unbranched alkanes of at least 4 members (excludes halogenated alkanes) is 3. The standard InChI is InChI=1S/C17H24N2OS/c1-20-15-7-8-16-14(13-15)9-11-19-17(16)18-10-5-3-4-6-12-21-2/h7-9,11,13H,3-6,10,12H2,1-2H3,(H,18,19). The number of pyridine rings is 1. The van der Waals surface area contributed by atoms with Gasteiger partial charge in [-0.25, -0.2) is 4.98 Å². The van der Waals surface area contributed by atoms with Crippen LogP contribution < -0.4 is 10.1 Å². The van der Waals surface area contributed by atoms with Crippen LogP contribution in [0.15, 0.2) is 30.5 Å². The summed E-state index contributed by atoms with van der Waals surface area (Å²) < 4.78 is 5.26. The van der Waals surface area contributed by atoms with E-state index in [4.69, 9.17) is 4.74 Å². The lowest BCUT2D eigenvalue weighted by molar-refractivity contribution is 0.415. The number of methoxy groups -OCH3 is 1. The van der Waals surface area contributed by atoms with Crippen LogP contribution in [0.25, 0.3) is 10.8 Å². The Morgan fingerprint density at radius 2 is 2.00 bits per heavy atom. The van der Waals surface area contributed by atoms with Crippen molar-refractivity contribution in [1.29, 1.82) is 0 Å². The molecule has 21 heavy (non-hydrogen) atoms. The van der Waals surface area contributed by atoms with Crippen LogP contribution in [0.1, 0.15) is 25.7 Å². The average Bonchev–Trinajstić information content (AvgIpc) is 2.53. The van der Waals surface area contributed by atoms with Crippen molar-refractivity contribution in [2.45, 2.75) is 25.7 Å². The predicted octanol–water partition coefficient (Wildman–Crippen LogP) is 4.58. The lowest BCUT2D eigenvalue weighted by atomic mass is 10.1. The molecular formula is C17H24N2OS. The molecule has 1 heterocycles. The Morgan fingerprint density at radius 1 is 1.14 bits per heavy atom. The quantitative estimate of drug-likeness (QED) is 0.688. The third kappa shape index (κ3) is 4.81. The van der Waals surface area contributed by atoms with Crippen LogP contribution in [0, 0.1) is 0 Å². The second-order valence-electron chi connectivity index (χ2n) is 5.08. The second-order valence-corrected chi connectivity index (χ2v) is 6.07. The molecule has 0 saturated heterocycles. The minimum Gasteiger partial charge on any atom is -0.497 e. The minimum atomic E-state index is 0.883. The summed E-state index contributed by atoms with van der Waals surface area (Å²) in [6.45, 7) is 0.984. The Balaban J connectivity index is 1.87. The monoisotopic (exact) mass is 304 g/mol. The number of hydrogen-bond donors (Lipinski definition) is 1. The minimum absolute atomic E-state index is 0.883. The van der Waals surface area contributed by atoms with Gasteiger partial charge in [0, 0.05) is 18.1 Å². The summed E-state index contributed by atoms with van der Waals surface area (Å²) >= 11 is 1.93. The lowest BCUT2D eigenvalue weighted by Gasteiger charge is -2.09. The first kappa shape index (κ1) is 16.0. The Labute approximate surface area is 131 Å². The van der Waals surface area contributed by atoms with Gasteiger partial charge < -0.3 is 10.1 Å². The summed E-state index contributed by atoms with van der Waals surface area (Å²) in [5.74, 6) is 3.13. The SMILES string of the molecule is COc1ccc2c(NCCCCCCSC)nccc2c1. The number of thioether (sulfide) groups is 1. The van der Waals surface area contributed by atoms with Gasteiger partial charge in [0.05, 0.1) is 7.11 Å². The molecule has 0 bridgehead atoms. The average molecular weight is 304 g/mol. The third-order valence-corrected chi connectivity index (χ3v) is 4.24. The predicted molar refractivity (Wildman–Crippen MR) is 93.6 cm³/mol. The van der Waals surface area contributed by atoms with Crippen LogP contribution in [0.5, 0.6) is 5.75 Å².